The van der Waals surface area contributed by atoms with Gasteiger partial charge in [0.25, 0.3) is 0 Å². The molecule has 1 aliphatic carbocycles. The fraction of sp³-hybridized carbons (Fsp3) is 0.625. The molecular formula is C16H25NO3. The third-order valence-corrected chi connectivity index (χ3v) is 3.72. The van der Waals surface area contributed by atoms with Crippen LogP contribution in [0, 0.1) is 0 Å². The Morgan fingerprint density at radius 3 is 2.65 bits per heavy atom. The van der Waals surface area contributed by atoms with Crippen LogP contribution in [0.25, 0.3) is 0 Å². The van der Waals surface area contributed by atoms with Gasteiger partial charge in [0.05, 0.1) is 7.11 Å². The molecule has 1 aliphatic rings. The molecule has 4 heteroatoms. The van der Waals surface area contributed by atoms with E-state index in [2.05, 4.69) is 19.9 Å². The summed E-state index contributed by atoms with van der Waals surface area (Å²) in [5, 5.41) is 0. The van der Waals surface area contributed by atoms with Crippen LogP contribution >= 0.6 is 0 Å². The van der Waals surface area contributed by atoms with Crippen molar-refractivity contribution in [2.75, 3.05) is 13.7 Å². The normalized spacial score (nSPS) is 25.1. The highest BCUT2D eigenvalue weighted by Gasteiger charge is 2.41. The van der Waals surface area contributed by atoms with E-state index in [9.17, 15) is 0 Å². The lowest BCUT2D eigenvalue weighted by Crippen LogP contribution is -2.59. The van der Waals surface area contributed by atoms with Gasteiger partial charge in [0.1, 0.15) is 12.2 Å². The van der Waals surface area contributed by atoms with E-state index < -0.39 is 0 Å². The fourth-order valence-corrected chi connectivity index (χ4v) is 2.41. The van der Waals surface area contributed by atoms with Crippen molar-refractivity contribution in [3.8, 4) is 11.5 Å². The second-order valence-electron chi connectivity index (χ2n) is 5.23. The first kappa shape index (κ1) is 15.1. The molecule has 3 unspecified atom stereocenters. The van der Waals surface area contributed by atoms with Gasteiger partial charge in [-0.3, -0.25) is 0 Å². The van der Waals surface area contributed by atoms with Gasteiger partial charge in [-0.15, -0.1) is 0 Å². The van der Waals surface area contributed by atoms with E-state index in [4.69, 9.17) is 19.9 Å². The van der Waals surface area contributed by atoms with Crippen molar-refractivity contribution in [3.63, 3.8) is 0 Å². The van der Waals surface area contributed by atoms with Crippen LogP contribution in [0.3, 0.4) is 0 Å². The number of aryl methyl sites for hydroxylation is 1. The van der Waals surface area contributed by atoms with E-state index in [1.54, 1.807) is 7.11 Å². The molecule has 0 spiro atoms. The molecule has 4 nitrogen and oxygen atoms in total. The molecular weight excluding hydrogens is 254 g/mol. The SMILES string of the molecule is CCCOC1C(N)CC1Oc1ccc(CC)cc1OC. The number of ether oxygens (including phenoxy) is 3. The Bertz CT molecular complexity index is 436. The maximum absolute atomic E-state index is 6.02. The van der Waals surface area contributed by atoms with Gasteiger partial charge in [0.15, 0.2) is 11.5 Å². The van der Waals surface area contributed by atoms with Crippen molar-refractivity contribution >= 4 is 0 Å². The first-order valence-electron chi connectivity index (χ1n) is 7.40. The Morgan fingerprint density at radius 1 is 1.25 bits per heavy atom. The van der Waals surface area contributed by atoms with Crippen molar-refractivity contribution in [1.82, 2.24) is 0 Å². The zero-order chi connectivity index (χ0) is 14.5. The Labute approximate surface area is 121 Å². The monoisotopic (exact) mass is 279 g/mol. The Kier molecular flexibility index (Phi) is 5.26. The van der Waals surface area contributed by atoms with Crippen LogP contribution < -0.4 is 15.2 Å². The van der Waals surface area contributed by atoms with Gasteiger partial charge in [-0.1, -0.05) is 19.9 Å². The molecule has 3 atom stereocenters. The van der Waals surface area contributed by atoms with Gasteiger partial charge in [-0.25, -0.2) is 0 Å². The third-order valence-electron chi connectivity index (χ3n) is 3.72. The smallest absolute Gasteiger partial charge is 0.161 e. The lowest BCUT2D eigenvalue weighted by atomic mass is 9.86. The Balaban J connectivity index is 2.02. The average Bonchev–Trinajstić information content (AvgIpc) is 2.47. The molecule has 2 N–H and O–H groups in total. The Hall–Kier alpha value is -1.26. The largest absolute Gasteiger partial charge is 0.493 e. The highest BCUT2D eigenvalue weighted by atomic mass is 16.6. The van der Waals surface area contributed by atoms with Crippen LogP contribution in [-0.4, -0.2) is 32.0 Å². The molecule has 1 aromatic rings. The number of methoxy groups -OCH3 is 1. The summed E-state index contributed by atoms with van der Waals surface area (Å²) < 4.78 is 17.2. The zero-order valence-corrected chi connectivity index (χ0v) is 12.6. The van der Waals surface area contributed by atoms with Gasteiger partial charge in [0, 0.05) is 19.1 Å². The van der Waals surface area contributed by atoms with Crippen LogP contribution in [0.2, 0.25) is 0 Å². The highest BCUT2D eigenvalue weighted by Crippen LogP contribution is 2.34. The summed E-state index contributed by atoms with van der Waals surface area (Å²) >= 11 is 0. The van der Waals surface area contributed by atoms with E-state index in [0.29, 0.717) is 0 Å². The second-order valence-corrected chi connectivity index (χ2v) is 5.23. The third kappa shape index (κ3) is 3.25. The fourth-order valence-electron chi connectivity index (χ4n) is 2.41. The minimum absolute atomic E-state index is 0.00879. The maximum atomic E-state index is 6.02. The van der Waals surface area contributed by atoms with Crippen molar-refractivity contribution in [2.24, 2.45) is 5.73 Å². The first-order valence-corrected chi connectivity index (χ1v) is 7.40. The summed E-state index contributed by atoms with van der Waals surface area (Å²) in [6, 6.07) is 6.14. The van der Waals surface area contributed by atoms with Crippen LogP contribution in [0.5, 0.6) is 11.5 Å². The van der Waals surface area contributed by atoms with Crippen LogP contribution in [0.4, 0.5) is 0 Å². The van der Waals surface area contributed by atoms with Crippen molar-refractivity contribution < 1.29 is 14.2 Å². The minimum atomic E-state index is -0.00879. The van der Waals surface area contributed by atoms with E-state index in [1.807, 2.05) is 12.1 Å². The number of benzene rings is 1. The summed E-state index contributed by atoms with van der Waals surface area (Å²) in [7, 11) is 1.67. The standard InChI is InChI=1S/C16H25NO3/c1-4-8-19-16-12(17)10-15(16)20-13-7-6-11(5-2)9-14(13)18-3/h6-7,9,12,15-16H,4-5,8,10,17H2,1-3H3. The molecule has 0 amide bonds. The predicted octanol–water partition coefficient (Wildman–Crippen LogP) is 2.53. The predicted molar refractivity (Wildman–Crippen MR) is 79.4 cm³/mol. The summed E-state index contributed by atoms with van der Waals surface area (Å²) in [4.78, 5) is 0. The molecule has 1 fully saturated rings. The summed E-state index contributed by atoms with van der Waals surface area (Å²) in [6.07, 6.45) is 2.81. The molecule has 0 aromatic heterocycles. The molecule has 1 saturated carbocycles. The topological polar surface area (TPSA) is 53.7 Å². The molecule has 20 heavy (non-hydrogen) atoms. The summed E-state index contributed by atoms with van der Waals surface area (Å²) in [6.45, 7) is 4.94. The van der Waals surface area contributed by atoms with Gasteiger partial charge < -0.3 is 19.9 Å². The van der Waals surface area contributed by atoms with Crippen molar-refractivity contribution in [3.05, 3.63) is 23.8 Å². The second kappa shape index (κ2) is 6.95. The van der Waals surface area contributed by atoms with Crippen LogP contribution in [0.1, 0.15) is 32.3 Å². The Morgan fingerprint density at radius 2 is 2.05 bits per heavy atom. The van der Waals surface area contributed by atoms with E-state index in [-0.39, 0.29) is 18.2 Å². The van der Waals surface area contributed by atoms with Crippen LogP contribution in [0.15, 0.2) is 18.2 Å². The van der Waals surface area contributed by atoms with Gasteiger partial charge in [0.2, 0.25) is 0 Å². The van der Waals surface area contributed by atoms with E-state index in [1.165, 1.54) is 5.56 Å². The number of hydrogen-bond donors (Lipinski definition) is 1. The van der Waals surface area contributed by atoms with E-state index in [0.717, 1.165) is 37.4 Å². The maximum Gasteiger partial charge on any atom is 0.161 e. The molecule has 0 aliphatic heterocycles. The highest BCUT2D eigenvalue weighted by molar-refractivity contribution is 5.43. The van der Waals surface area contributed by atoms with E-state index >= 15 is 0 Å². The zero-order valence-electron chi connectivity index (χ0n) is 12.6. The summed E-state index contributed by atoms with van der Waals surface area (Å²) in [5.41, 5.74) is 7.22. The molecule has 2 rings (SSSR count). The van der Waals surface area contributed by atoms with Gasteiger partial charge in [-0.2, -0.15) is 0 Å². The molecule has 0 bridgehead atoms. The molecule has 0 heterocycles. The van der Waals surface area contributed by atoms with Gasteiger partial charge in [-0.05, 0) is 30.5 Å². The summed E-state index contributed by atoms with van der Waals surface area (Å²) in [5.74, 6) is 1.55. The van der Waals surface area contributed by atoms with Gasteiger partial charge >= 0.3 is 0 Å². The molecule has 0 radical (unpaired) electrons. The molecule has 0 saturated heterocycles. The van der Waals surface area contributed by atoms with Crippen LogP contribution in [-0.2, 0) is 11.2 Å². The van der Waals surface area contributed by atoms with Crippen molar-refractivity contribution in [1.29, 1.82) is 0 Å². The number of nitrogens with two attached hydrogens (primary N) is 1. The molecule has 1 aromatic carbocycles. The quantitative estimate of drug-likeness (QED) is 0.833. The number of hydrogen-bond acceptors (Lipinski definition) is 4. The minimum Gasteiger partial charge on any atom is -0.493 e. The lowest BCUT2D eigenvalue weighted by molar-refractivity contribution is -0.0985. The number of rotatable bonds is 7. The first-order chi connectivity index (χ1) is 9.69. The van der Waals surface area contributed by atoms with Crippen molar-refractivity contribution in [2.45, 2.75) is 51.4 Å². The lowest BCUT2D eigenvalue weighted by Gasteiger charge is -2.41. The average molecular weight is 279 g/mol. The molecule has 112 valence electrons.